The van der Waals surface area contributed by atoms with Crippen molar-refractivity contribution >= 4 is 5.69 Å². The molecular weight excluding hydrogens is 174 g/mol. The minimum Gasteiger partial charge on any atom is -0.380 e. The predicted octanol–water partition coefficient (Wildman–Crippen LogP) is 1.35. The van der Waals surface area contributed by atoms with Crippen LogP contribution >= 0.6 is 0 Å². The fraction of sp³-hybridized carbons (Fsp3) is 0.333. The van der Waals surface area contributed by atoms with Gasteiger partial charge in [0.05, 0.1) is 6.04 Å². The van der Waals surface area contributed by atoms with Crippen molar-refractivity contribution in [2.75, 3.05) is 18.4 Å². The van der Waals surface area contributed by atoms with E-state index in [4.69, 9.17) is 0 Å². The molecule has 0 radical (unpaired) electrons. The lowest BCUT2D eigenvalue weighted by molar-refractivity contribution is 0.471. The number of nitrogens with one attached hydrogen (secondary N) is 2. The average molecular weight is 184 g/mol. The Labute approximate surface area is 75.0 Å². The maximum atomic E-state index is 12.7. The van der Waals surface area contributed by atoms with Crippen molar-refractivity contribution < 1.29 is 8.78 Å². The first kappa shape index (κ1) is 8.44. The largest absolute Gasteiger partial charge is 0.380 e. The van der Waals surface area contributed by atoms with Crippen LogP contribution in [0.4, 0.5) is 14.5 Å². The summed E-state index contributed by atoms with van der Waals surface area (Å²) >= 11 is 0. The minimum absolute atomic E-state index is 0.293. The number of hydrogen-bond acceptors (Lipinski definition) is 2. The van der Waals surface area contributed by atoms with Gasteiger partial charge in [-0.1, -0.05) is 0 Å². The van der Waals surface area contributed by atoms with Crippen LogP contribution in [0.1, 0.15) is 0 Å². The van der Waals surface area contributed by atoms with Gasteiger partial charge in [0, 0.05) is 24.8 Å². The van der Waals surface area contributed by atoms with E-state index in [0.29, 0.717) is 11.7 Å². The molecule has 1 aliphatic rings. The molecule has 1 heterocycles. The third kappa shape index (κ3) is 1.95. The first-order chi connectivity index (χ1) is 6.24. The highest BCUT2D eigenvalue weighted by molar-refractivity contribution is 5.45. The molecule has 0 unspecified atom stereocenters. The number of anilines is 1. The normalized spacial score (nSPS) is 16.8. The highest BCUT2D eigenvalue weighted by Gasteiger charge is 2.16. The third-order valence-electron chi connectivity index (χ3n) is 2.01. The van der Waals surface area contributed by atoms with Gasteiger partial charge in [-0.2, -0.15) is 0 Å². The Morgan fingerprint density at radius 1 is 1.15 bits per heavy atom. The monoisotopic (exact) mass is 184 g/mol. The van der Waals surface area contributed by atoms with Crippen molar-refractivity contribution in [1.82, 2.24) is 5.32 Å². The van der Waals surface area contributed by atoms with Crippen LogP contribution in [0.15, 0.2) is 18.2 Å². The molecule has 0 atom stereocenters. The van der Waals surface area contributed by atoms with Crippen molar-refractivity contribution in [2.45, 2.75) is 6.04 Å². The highest BCUT2D eigenvalue weighted by Crippen LogP contribution is 2.14. The molecule has 0 bridgehead atoms. The van der Waals surface area contributed by atoms with Crippen LogP contribution in [0.3, 0.4) is 0 Å². The lowest BCUT2D eigenvalue weighted by atomic mass is 10.1. The Kier molecular flexibility index (Phi) is 2.14. The van der Waals surface area contributed by atoms with Crippen LogP contribution in [-0.2, 0) is 0 Å². The lowest BCUT2D eigenvalue weighted by Gasteiger charge is -2.28. The van der Waals surface area contributed by atoms with Gasteiger partial charge in [-0.3, -0.25) is 0 Å². The Morgan fingerprint density at radius 2 is 1.77 bits per heavy atom. The van der Waals surface area contributed by atoms with Crippen molar-refractivity contribution in [3.8, 4) is 0 Å². The van der Waals surface area contributed by atoms with Crippen LogP contribution < -0.4 is 10.6 Å². The fourth-order valence-corrected chi connectivity index (χ4v) is 1.26. The van der Waals surface area contributed by atoms with Gasteiger partial charge in [0.15, 0.2) is 0 Å². The van der Waals surface area contributed by atoms with Crippen LogP contribution in [-0.4, -0.2) is 19.1 Å². The number of hydrogen-bond donors (Lipinski definition) is 2. The molecule has 1 aromatic carbocycles. The highest BCUT2D eigenvalue weighted by atomic mass is 19.1. The Hall–Kier alpha value is -1.16. The summed E-state index contributed by atoms with van der Waals surface area (Å²) in [6.45, 7) is 1.69. The molecule has 13 heavy (non-hydrogen) atoms. The molecule has 0 spiro atoms. The van der Waals surface area contributed by atoms with E-state index >= 15 is 0 Å². The second-order valence-corrected chi connectivity index (χ2v) is 3.16. The maximum absolute atomic E-state index is 12.7. The predicted molar refractivity (Wildman–Crippen MR) is 46.6 cm³/mol. The van der Waals surface area contributed by atoms with E-state index in [-0.39, 0.29) is 0 Å². The molecule has 70 valence electrons. The standard InChI is InChI=1S/C9H10F2N2/c10-6-1-7(11)3-8(2-6)13-9-4-12-5-9/h1-3,9,12-13H,4-5H2. The summed E-state index contributed by atoms with van der Waals surface area (Å²) in [6, 6.07) is 3.74. The summed E-state index contributed by atoms with van der Waals surface area (Å²) in [5.41, 5.74) is 0.504. The van der Waals surface area contributed by atoms with Gasteiger partial charge in [-0.25, -0.2) is 8.78 Å². The lowest BCUT2D eigenvalue weighted by Crippen LogP contribution is -2.51. The van der Waals surface area contributed by atoms with E-state index in [9.17, 15) is 8.78 Å². The second-order valence-electron chi connectivity index (χ2n) is 3.16. The molecule has 2 rings (SSSR count). The van der Waals surface area contributed by atoms with Gasteiger partial charge in [0.1, 0.15) is 11.6 Å². The Balaban J connectivity index is 2.10. The van der Waals surface area contributed by atoms with Crippen molar-refractivity contribution in [1.29, 1.82) is 0 Å². The molecule has 0 amide bonds. The zero-order valence-electron chi connectivity index (χ0n) is 6.98. The van der Waals surface area contributed by atoms with Gasteiger partial charge < -0.3 is 10.6 Å². The van der Waals surface area contributed by atoms with Crippen molar-refractivity contribution in [3.05, 3.63) is 29.8 Å². The zero-order valence-corrected chi connectivity index (χ0v) is 6.98. The molecule has 2 N–H and O–H groups in total. The Bertz CT molecular complexity index is 290. The number of halogens is 2. The van der Waals surface area contributed by atoms with Crippen LogP contribution in [0.25, 0.3) is 0 Å². The molecule has 1 saturated heterocycles. The van der Waals surface area contributed by atoms with E-state index in [2.05, 4.69) is 10.6 Å². The second kappa shape index (κ2) is 3.30. The number of rotatable bonds is 2. The van der Waals surface area contributed by atoms with Crippen molar-refractivity contribution in [3.63, 3.8) is 0 Å². The summed E-state index contributed by atoms with van der Waals surface area (Å²) in [6.07, 6.45) is 0. The van der Waals surface area contributed by atoms with E-state index in [1.165, 1.54) is 12.1 Å². The Morgan fingerprint density at radius 3 is 2.23 bits per heavy atom. The molecule has 0 aromatic heterocycles. The summed E-state index contributed by atoms with van der Waals surface area (Å²) in [5, 5.41) is 6.08. The van der Waals surface area contributed by atoms with E-state index < -0.39 is 11.6 Å². The fourth-order valence-electron chi connectivity index (χ4n) is 1.26. The van der Waals surface area contributed by atoms with Crippen LogP contribution in [0, 0.1) is 11.6 Å². The smallest absolute Gasteiger partial charge is 0.128 e. The van der Waals surface area contributed by atoms with E-state index in [1.807, 2.05) is 0 Å². The molecule has 1 aliphatic heterocycles. The summed E-state index contributed by atoms with van der Waals surface area (Å²) in [5.74, 6) is -1.09. The van der Waals surface area contributed by atoms with Gasteiger partial charge >= 0.3 is 0 Å². The first-order valence-corrected chi connectivity index (χ1v) is 4.17. The zero-order chi connectivity index (χ0) is 9.26. The third-order valence-corrected chi connectivity index (χ3v) is 2.01. The van der Waals surface area contributed by atoms with Crippen molar-refractivity contribution in [2.24, 2.45) is 0 Å². The average Bonchev–Trinajstić information content (AvgIpc) is 1.95. The molecule has 4 heteroatoms. The van der Waals surface area contributed by atoms with Gasteiger partial charge in [-0.15, -0.1) is 0 Å². The van der Waals surface area contributed by atoms with E-state index in [1.54, 1.807) is 0 Å². The first-order valence-electron chi connectivity index (χ1n) is 4.17. The summed E-state index contributed by atoms with van der Waals surface area (Å²) < 4.78 is 25.4. The van der Waals surface area contributed by atoms with Crippen LogP contribution in [0.5, 0.6) is 0 Å². The van der Waals surface area contributed by atoms with Gasteiger partial charge in [-0.05, 0) is 12.1 Å². The summed E-state index contributed by atoms with van der Waals surface area (Å²) in [4.78, 5) is 0. The molecule has 0 aliphatic carbocycles. The molecule has 1 fully saturated rings. The van der Waals surface area contributed by atoms with Crippen LogP contribution in [0.2, 0.25) is 0 Å². The molecule has 2 nitrogen and oxygen atoms in total. The molecular formula is C9H10F2N2. The molecule has 0 saturated carbocycles. The quantitative estimate of drug-likeness (QED) is 0.725. The van der Waals surface area contributed by atoms with Gasteiger partial charge in [0.25, 0.3) is 0 Å². The summed E-state index contributed by atoms with van der Waals surface area (Å²) in [7, 11) is 0. The maximum Gasteiger partial charge on any atom is 0.128 e. The minimum atomic E-state index is -0.546. The van der Waals surface area contributed by atoms with Gasteiger partial charge in [0.2, 0.25) is 0 Å². The molecule has 1 aromatic rings. The topological polar surface area (TPSA) is 24.1 Å². The number of benzene rings is 1. The van der Waals surface area contributed by atoms with E-state index in [0.717, 1.165) is 19.2 Å². The SMILES string of the molecule is Fc1cc(F)cc(NC2CNC2)c1.